The van der Waals surface area contributed by atoms with E-state index in [0.717, 1.165) is 41.0 Å². The standard InChI is InChI=1S/C24H27N3O2S/c28-21-8-4-5-17(13-21)22-14-19(18-10-12-30-16-18)15-23(27-22)25-11-9-24(29)26-20-6-2-1-3-7-20/h4-5,8,10,12-16,20,28H,1-3,6-7,9,11H2,(H,25,27)(H,26,29). The maximum absolute atomic E-state index is 12.3. The van der Waals surface area contributed by atoms with Gasteiger partial charge in [0.1, 0.15) is 11.6 Å². The van der Waals surface area contributed by atoms with Crippen LogP contribution in [0.4, 0.5) is 5.82 Å². The number of nitrogens with zero attached hydrogens (tertiary/aromatic N) is 1. The summed E-state index contributed by atoms with van der Waals surface area (Å²) in [6.07, 6.45) is 6.30. The molecule has 0 bridgehead atoms. The van der Waals surface area contributed by atoms with E-state index in [4.69, 9.17) is 4.98 Å². The molecule has 30 heavy (non-hydrogen) atoms. The molecule has 1 fully saturated rings. The summed E-state index contributed by atoms with van der Waals surface area (Å²) in [5.41, 5.74) is 3.81. The van der Waals surface area contributed by atoms with Crippen molar-refractivity contribution in [3.05, 3.63) is 53.2 Å². The summed E-state index contributed by atoms with van der Waals surface area (Å²) in [5.74, 6) is 1.03. The van der Waals surface area contributed by atoms with Crippen molar-refractivity contribution in [1.29, 1.82) is 0 Å². The highest BCUT2D eigenvalue weighted by Crippen LogP contribution is 2.30. The first kappa shape index (κ1) is 20.4. The van der Waals surface area contributed by atoms with Gasteiger partial charge in [0.05, 0.1) is 5.69 Å². The molecule has 1 aliphatic rings. The van der Waals surface area contributed by atoms with E-state index >= 15 is 0 Å². The van der Waals surface area contributed by atoms with E-state index in [9.17, 15) is 9.90 Å². The maximum Gasteiger partial charge on any atom is 0.221 e. The number of hydrogen-bond acceptors (Lipinski definition) is 5. The summed E-state index contributed by atoms with van der Waals surface area (Å²) in [6.45, 7) is 0.526. The minimum absolute atomic E-state index is 0.0941. The van der Waals surface area contributed by atoms with E-state index < -0.39 is 0 Å². The van der Waals surface area contributed by atoms with E-state index in [1.807, 2.05) is 29.6 Å². The zero-order valence-corrected chi connectivity index (χ0v) is 17.8. The fourth-order valence-corrected chi connectivity index (χ4v) is 4.55. The average molecular weight is 422 g/mol. The van der Waals surface area contributed by atoms with Crippen molar-refractivity contribution in [2.75, 3.05) is 11.9 Å². The SMILES string of the molecule is O=C(CCNc1cc(-c2ccsc2)cc(-c2cccc(O)c2)n1)NC1CCCCC1. The number of benzene rings is 1. The number of phenolic OH excluding ortho intramolecular Hbond substituents is 1. The molecule has 0 unspecified atom stereocenters. The second-order valence-electron chi connectivity index (χ2n) is 7.77. The number of pyridine rings is 1. The van der Waals surface area contributed by atoms with E-state index in [1.165, 1.54) is 19.3 Å². The maximum atomic E-state index is 12.3. The summed E-state index contributed by atoms with van der Waals surface area (Å²) in [5, 5.41) is 20.5. The molecule has 2 heterocycles. The van der Waals surface area contributed by atoms with Gasteiger partial charge in [-0.2, -0.15) is 11.3 Å². The highest BCUT2D eigenvalue weighted by atomic mass is 32.1. The number of thiophene rings is 1. The third-order valence-electron chi connectivity index (χ3n) is 5.45. The summed E-state index contributed by atoms with van der Waals surface area (Å²) in [6, 6.07) is 13.5. The van der Waals surface area contributed by atoms with Gasteiger partial charge in [0.25, 0.3) is 0 Å². The van der Waals surface area contributed by atoms with E-state index in [2.05, 4.69) is 22.1 Å². The van der Waals surface area contributed by atoms with Gasteiger partial charge in [-0.25, -0.2) is 4.98 Å². The zero-order valence-electron chi connectivity index (χ0n) is 16.9. The fourth-order valence-electron chi connectivity index (χ4n) is 3.88. The molecule has 1 amide bonds. The lowest BCUT2D eigenvalue weighted by Crippen LogP contribution is -2.36. The fraction of sp³-hybridized carbons (Fsp3) is 0.333. The van der Waals surface area contributed by atoms with Gasteiger partial charge >= 0.3 is 0 Å². The predicted molar refractivity (Wildman–Crippen MR) is 123 cm³/mol. The summed E-state index contributed by atoms with van der Waals surface area (Å²) in [7, 11) is 0. The van der Waals surface area contributed by atoms with Crippen LogP contribution in [0.2, 0.25) is 0 Å². The average Bonchev–Trinajstić information content (AvgIpc) is 3.29. The second-order valence-corrected chi connectivity index (χ2v) is 8.55. The van der Waals surface area contributed by atoms with Crippen LogP contribution in [-0.2, 0) is 4.79 Å². The van der Waals surface area contributed by atoms with Gasteiger partial charge in [0, 0.05) is 24.6 Å². The Morgan fingerprint density at radius 1 is 1.07 bits per heavy atom. The summed E-state index contributed by atoms with van der Waals surface area (Å²) >= 11 is 1.65. The lowest BCUT2D eigenvalue weighted by molar-refractivity contribution is -0.121. The van der Waals surface area contributed by atoms with Crippen molar-refractivity contribution in [1.82, 2.24) is 10.3 Å². The van der Waals surface area contributed by atoms with Crippen LogP contribution in [0.1, 0.15) is 38.5 Å². The number of hydrogen-bond donors (Lipinski definition) is 3. The molecule has 6 heteroatoms. The van der Waals surface area contributed by atoms with Crippen LogP contribution in [0.15, 0.2) is 53.2 Å². The molecule has 2 aromatic heterocycles. The van der Waals surface area contributed by atoms with Crippen molar-refractivity contribution < 1.29 is 9.90 Å². The van der Waals surface area contributed by atoms with Crippen molar-refractivity contribution >= 4 is 23.1 Å². The third kappa shape index (κ3) is 5.39. The number of rotatable bonds is 7. The Morgan fingerprint density at radius 2 is 1.93 bits per heavy atom. The molecular weight excluding hydrogens is 394 g/mol. The van der Waals surface area contributed by atoms with Crippen LogP contribution in [0.25, 0.3) is 22.4 Å². The van der Waals surface area contributed by atoms with Crippen molar-refractivity contribution in [3.8, 4) is 28.1 Å². The van der Waals surface area contributed by atoms with Crippen LogP contribution in [0.5, 0.6) is 5.75 Å². The molecule has 3 N–H and O–H groups in total. The van der Waals surface area contributed by atoms with E-state index in [-0.39, 0.29) is 11.7 Å². The Labute approximate surface area is 181 Å². The quantitative estimate of drug-likeness (QED) is 0.475. The highest BCUT2D eigenvalue weighted by Gasteiger charge is 2.15. The number of aromatic hydroxyl groups is 1. The number of amides is 1. The van der Waals surface area contributed by atoms with Crippen molar-refractivity contribution in [2.24, 2.45) is 0 Å². The molecule has 1 aromatic carbocycles. The van der Waals surface area contributed by atoms with Crippen molar-refractivity contribution in [3.63, 3.8) is 0 Å². The number of phenols is 1. The molecule has 3 aromatic rings. The molecule has 0 spiro atoms. The van der Waals surface area contributed by atoms with E-state index in [1.54, 1.807) is 23.5 Å². The van der Waals surface area contributed by atoms with Crippen LogP contribution in [0.3, 0.4) is 0 Å². The molecule has 4 rings (SSSR count). The van der Waals surface area contributed by atoms with Crippen molar-refractivity contribution in [2.45, 2.75) is 44.6 Å². The van der Waals surface area contributed by atoms with Crippen LogP contribution in [-0.4, -0.2) is 28.6 Å². The first-order valence-electron chi connectivity index (χ1n) is 10.5. The molecule has 0 saturated heterocycles. The topological polar surface area (TPSA) is 74.2 Å². The Balaban J connectivity index is 1.46. The molecule has 0 aliphatic heterocycles. The molecule has 0 radical (unpaired) electrons. The number of nitrogens with one attached hydrogen (secondary N) is 2. The van der Waals surface area contributed by atoms with Gasteiger partial charge in [-0.05, 0) is 65.1 Å². The zero-order chi connectivity index (χ0) is 20.8. The first-order valence-corrected chi connectivity index (χ1v) is 11.5. The summed E-state index contributed by atoms with van der Waals surface area (Å²) in [4.78, 5) is 17.0. The monoisotopic (exact) mass is 421 g/mol. The van der Waals surface area contributed by atoms with Crippen LogP contribution >= 0.6 is 11.3 Å². The Morgan fingerprint density at radius 3 is 2.70 bits per heavy atom. The highest BCUT2D eigenvalue weighted by molar-refractivity contribution is 7.08. The molecule has 1 saturated carbocycles. The molecule has 5 nitrogen and oxygen atoms in total. The third-order valence-corrected chi connectivity index (χ3v) is 6.13. The van der Waals surface area contributed by atoms with Gasteiger partial charge in [-0.15, -0.1) is 0 Å². The summed E-state index contributed by atoms with van der Waals surface area (Å²) < 4.78 is 0. The van der Waals surface area contributed by atoms with Gasteiger partial charge in [-0.1, -0.05) is 31.4 Å². The van der Waals surface area contributed by atoms with Gasteiger partial charge < -0.3 is 15.7 Å². The smallest absolute Gasteiger partial charge is 0.221 e. The lowest BCUT2D eigenvalue weighted by atomic mass is 9.95. The number of carbonyl (C=O) groups is 1. The largest absolute Gasteiger partial charge is 0.508 e. The Bertz CT molecular complexity index is 982. The molecule has 1 aliphatic carbocycles. The van der Waals surface area contributed by atoms with Crippen LogP contribution < -0.4 is 10.6 Å². The normalized spacial score (nSPS) is 14.4. The number of carbonyl (C=O) groups excluding carboxylic acids is 1. The van der Waals surface area contributed by atoms with Gasteiger partial charge in [0.15, 0.2) is 0 Å². The Kier molecular flexibility index (Phi) is 6.64. The number of aromatic nitrogens is 1. The molecular formula is C24H27N3O2S. The Hall–Kier alpha value is -2.86. The van der Waals surface area contributed by atoms with Crippen LogP contribution in [0, 0.1) is 0 Å². The number of anilines is 1. The minimum atomic E-state index is 0.0941. The minimum Gasteiger partial charge on any atom is -0.508 e. The predicted octanol–water partition coefficient (Wildman–Crippen LogP) is 5.43. The second kappa shape index (κ2) is 9.76. The van der Waals surface area contributed by atoms with Gasteiger partial charge in [-0.3, -0.25) is 4.79 Å². The first-order chi connectivity index (χ1) is 14.7. The lowest BCUT2D eigenvalue weighted by Gasteiger charge is -2.22. The molecule has 0 atom stereocenters. The van der Waals surface area contributed by atoms with E-state index in [0.29, 0.717) is 19.0 Å². The van der Waals surface area contributed by atoms with Gasteiger partial charge in [0.2, 0.25) is 5.91 Å². The molecule has 156 valence electrons.